The van der Waals surface area contributed by atoms with Crippen LogP contribution < -0.4 is 11.1 Å². The molecule has 2 amide bonds. The molecule has 102 valence electrons. The van der Waals surface area contributed by atoms with Crippen molar-refractivity contribution in [2.45, 2.75) is 0 Å². The Morgan fingerprint density at radius 1 is 1.20 bits per heavy atom. The SMILES string of the molecule is NC(=O)/C(=C/c1ccco1)NC(=O)c1ccccc1Cl. The molecule has 1 heterocycles. The zero-order chi connectivity index (χ0) is 14.5. The number of benzene rings is 1. The van der Waals surface area contributed by atoms with E-state index in [0.717, 1.165) is 0 Å². The maximum Gasteiger partial charge on any atom is 0.265 e. The highest BCUT2D eigenvalue weighted by molar-refractivity contribution is 6.34. The monoisotopic (exact) mass is 290 g/mol. The molecule has 0 unspecified atom stereocenters. The molecule has 0 spiro atoms. The number of halogens is 1. The number of carbonyl (C=O) groups excluding carboxylic acids is 2. The van der Waals surface area contributed by atoms with Gasteiger partial charge in [-0.1, -0.05) is 23.7 Å². The molecular formula is C14H11ClN2O3. The zero-order valence-electron chi connectivity index (χ0n) is 10.3. The summed E-state index contributed by atoms with van der Waals surface area (Å²) < 4.78 is 5.06. The van der Waals surface area contributed by atoms with Crippen LogP contribution in [-0.2, 0) is 4.79 Å². The molecule has 0 aliphatic heterocycles. The van der Waals surface area contributed by atoms with Crippen LogP contribution in [0.3, 0.4) is 0 Å². The Morgan fingerprint density at radius 3 is 2.55 bits per heavy atom. The van der Waals surface area contributed by atoms with Gasteiger partial charge in [0, 0.05) is 6.08 Å². The van der Waals surface area contributed by atoms with Crippen LogP contribution in [0.1, 0.15) is 16.1 Å². The van der Waals surface area contributed by atoms with E-state index in [-0.39, 0.29) is 16.3 Å². The van der Waals surface area contributed by atoms with Crippen molar-refractivity contribution in [3.05, 3.63) is 64.7 Å². The molecule has 2 aromatic rings. The lowest BCUT2D eigenvalue weighted by Gasteiger charge is -2.07. The molecule has 20 heavy (non-hydrogen) atoms. The summed E-state index contributed by atoms with van der Waals surface area (Å²) in [6.45, 7) is 0. The summed E-state index contributed by atoms with van der Waals surface area (Å²) >= 11 is 5.91. The normalized spacial score (nSPS) is 11.2. The molecule has 5 nitrogen and oxygen atoms in total. The maximum absolute atomic E-state index is 12.0. The van der Waals surface area contributed by atoms with Gasteiger partial charge in [0.25, 0.3) is 11.8 Å². The summed E-state index contributed by atoms with van der Waals surface area (Å²) in [6.07, 6.45) is 2.79. The smallest absolute Gasteiger partial charge is 0.265 e. The first-order chi connectivity index (χ1) is 9.58. The van der Waals surface area contributed by atoms with Crippen LogP contribution in [0.4, 0.5) is 0 Å². The molecule has 0 aliphatic rings. The molecule has 0 saturated heterocycles. The minimum atomic E-state index is -0.776. The van der Waals surface area contributed by atoms with Crippen molar-refractivity contribution in [3.8, 4) is 0 Å². The lowest BCUT2D eigenvalue weighted by atomic mass is 10.2. The number of rotatable bonds is 4. The van der Waals surface area contributed by atoms with Gasteiger partial charge in [-0.25, -0.2) is 0 Å². The van der Waals surface area contributed by atoms with Gasteiger partial charge in [0.2, 0.25) is 0 Å². The minimum Gasteiger partial charge on any atom is -0.465 e. The van der Waals surface area contributed by atoms with E-state index in [0.29, 0.717) is 5.76 Å². The fraction of sp³-hybridized carbons (Fsp3) is 0. The zero-order valence-corrected chi connectivity index (χ0v) is 11.1. The quantitative estimate of drug-likeness (QED) is 0.846. The third kappa shape index (κ3) is 3.27. The molecule has 1 aromatic heterocycles. The number of primary amides is 1. The Morgan fingerprint density at radius 2 is 1.95 bits per heavy atom. The van der Waals surface area contributed by atoms with Gasteiger partial charge in [-0.3, -0.25) is 9.59 Å². The number of carbonyl (C=O) groups is 2. The highest BCUT2D eigenvalue weighted by Crippen LogP contribution is 2.15. The van der Waals surface area contributed by atoms with Crippen molar-refractivity contribution in [3.63, 3.8) is 0 Å². The fourth-order valence-corrected chi connectivity index (χ4v) is 1.74. The van der Waals surface area contributed by atoms with E-state index < -0.39 is 11.8 Å². The van der Waals surface area contributed by atoms with Crippen molar-refractivity contribution < 1.29 is 14.0 Å². The van der Waals surface area contributed by atoms with Gasteiger partial charge in [-0.15, -0.1) is 0 Å². The van der Waals surface area contributed by atoms with Gasteiger partial charge in [-0.2, -0.15) is 0 Å². The Hall–Kier alpha value is -2.53. The second-order valence-corrected chi connectivity index (χ2v) is 4.28. The van der Waals surface area contributed by atoms with Crippen molar-refractivity contribution in [1.29, 1.82) is 0 Å². The van der Waals surface area contributed by atoms with Crippen molar-refractivity contribution in [1.82, 2.24) is 5.32 Å². The second-order valence-electron chi connectivity index (χ2n) is 3.87. The van der Waals surface area contributed by atoms with E-state index in [1.807, 2.05) is 0 Å². The molecular weight excluding hydrogens is 280 g/mol. The van der Waals surface area contributed by atoms with Crippen LogP contribution in [0.15, 0.2) is 52.8 Å². The highest BCUT2D eigenvalue weighted by atomic mass is 35.5. The van der Waals surface area contributed by atoms with Crippen LogP contribution in [0.2, 0.25) is 5.02 Å². The lowest BCUT2D eigenvalue weighted by molar-refractivity contribution is -0.114. The Balaban J connectivity index is 2.24. The van der Waals surface area contributed by atoms with Gasteiger partial charge in [0.05, 0.1) is 16.8 Å². The van der Waals surface area contributed by atoms with Crippen LogP contribution in [0, 0.1) is 0 Å². The molecule has 6 heteroatoms. The molecule has 0 bridgehead atoms. The first kappa shape index (κ1) is 13.9. The van der Waals surface area contributed by atoms with E-state index in [4.69, 9.17) is 21.8 Å². The average Bonchev–Trinajstić information content (AvgIpc) is 2.91. The third-order valence-electron chi connectivity index (χ3n) is 2.46. The summed E-state index contributed by atoms with van der Waals surface area (Å²) in [5.74, 6) is -0.896. The number of nitrogens with two attached hydrogens (primary N) is 1. The largest absolute Gasteiger partial charge is 0.465 e. The number of furan rings is 1. The van der Waals surface area contributed by atoms with Crippen LogP contribution in [0.25, 0.3) is 6.08 Å². The second kappa shape index (κ2) is 6.08. The third-order valence-corrected chi connectivity index (χ3v) is 2.79. The molecule has 3 N–H and O–H groups in total. The standard InChI is InChI=1S/C14H11ClN2O3/c15-11-6-2-1-5-10(11)14(19)17-12(13(16)18)8-9-4-3-7-20-9/h1-8H,(H2,16,18)(H,17,19)/b12-8-. The number of hydrogen-bond donors (Lipinski definition) is 2. The first-order valence-corrected chi connectivity index (χ1v) is 6.06. The van der Waals surface area contributed by atoms with Crippen molar-refractivity contribution >= 4 is 29.5 Å². The van der Waals surface area contributed by atoms with Gasteiger partial charge in [-0.05, 0) is 24.3 Å². The van der Waals surface area contributed by atoms with E-state index in [1.165, 1.54) is 12.3 Å². The molecule has 1 aromatic carbocycles. The summed E-state index contributed by atoms with van der Waals surface area (Å²) in [5.41, 5.74) is 5.39. The average molecular weight is 291 g/mol. The van der Waals surface area contributed by atoms with Gasteiger partial charge >= 0.3 is 0 Å². The number of nitrogens with one attached hydrogen (secondary N) is 1. The van der Waals surface area contributed by atoms with Crippen LogP contribution in [0.5, 0.6) is 0 Å². The van der Waals surface area contributed by atoms with Crippen LogP contribution in [-0.4, -0.2) is 11.8 Å². The summed E-state index contributed by atoms with van der Waals surface area (Å²) in [7, 11) is 0. The summed E-state index contributed by atoms with van der Waals surface area (Å²) in [4.78, 5) is 23.4. The van der Waals surface area contributed by atoms with E-state index in [2.05, 4.69) is 5.32 Å². The molecule has 0 radical (unpaired) electrons. The molecule has 2 rings (SSSR count). The summed E-state index contributed by atoms with van der Waals surface area (Å²) in [5, 5.41) is 2.70. The van der Waals surface area contributed by atoms with Gasteiger partial charge in [0.15, 0.2) is 0 Å². The molecule has 0 saturated carbocycles. The topological polar surface area (TPSA) is 85.3 Å². The van der Waals surface area contributed by atoms with Crippen LogP contribution >= 0.6 is 11.6 Å². The van der Waals surface area contributed by atoms with Crippen molar-refractivity contribution in [2.24, 2.45) is 5.73 Å². The van der Waals surface area contributed by atoms with E-state index in [1.54, 1.807) is 36.4 Å². The van der Waals surface area contributed by atoms with Gasteiger partial charge < -0.3 is 15.5 Å². The number of hydrogen-bond acceptors (Lipinski definition) is 3. The first-order valence-electron chi connectivity index (χ1n) is 5.69. The van der Waals surface area contributed by atoms with Gasteiger partial charge in [0.1, 0.15) is 11.5 Å². The van der Waals surface area contributed by atoms with Crippen molar-refractivity contribution in [2.75, 3.05) is 0 Å². The highest BCUT2D eigenvalue weighted by Gasteiger charge is 2.14. The van der Waals surface area contributed by atoms with E-state index >= 15 is 0 Å². The summed E-state index contributed by atoms with van der Waals surface area (Å²) in [6, 6.07) is 9.78. The predicted molar refractivity (Wildman–Crippen MR) is 74.8 cm³/mol. The predicted octanol–water partition coefficient (Wildman–Crippen LogP) is 2.19. The maximum atomic E-state index is 12.0. The fourth-order valence-electron chi connectivity index (χ4n) is 1.52. The molecule has 0 fully saturated rings. The Labute approximate surface area is 120 Å². The minimum absolute atomic E-state index is 0.0788. The Kier molecular flexibility index (Phi) is 4.22. The molecule has 0 aliphatic carbocycles. The molecule has 0 atom stereocenters. The number of amides is 2. The van der Waals surface area contributed by atoms with E-state index in [9.17, 15) is 9.59 Å². The lowest BCUT2D eigenvalue weighted by Crippen LogP contribution is -2.31. The Bertz CT molecular complexity index is 663.